The second kappa shape index (κ2) is 5.44. The number of pyridine rings is 1. The van der Waals surface area contributed by atoms with Gasteiger partial charge in [-0.15, -0.1) is 0 Å². The van der Waals surface area contributed by atoms with Gasteiger partial charge >= 0.3 is 0 Å². The van der Waals surface area contributed by atoms with Gasteiger partial charge in [-0.25, -0.2) is 0 Å². The minimum atomic E-state index is 0.0313. The van der Waals surface area contributed by atoms with Gasteiger partial charge in [0.1, 0.15) is 0 Å². The molecule has 0 spiro atoms. The van der Waals surface area contributed by atoms with Crippen LogP contribution in [0.3, 0.4) is 0 Å². The maximum atomic E-state index is 11.9. The monoisotopic (exact) mass is 274 g/mol. The number of amides is 1. The second-order valence-electron chi connectivity index (χ2n) is 4.36. The van der Waals surface area contributed by atoms with Crippen LogP contribution in [0, 0.1) is 0 Å². The molecule has 3 rings (SSSR count). The maximum Gasteiger partial charge on any atom is 0.226 e. The van der Waals surface area contributed by atoms with E-state index in [2.05, 4.69) is 20.2 Å². The van der Waals surface area contributed by atoms with Gasteiger partial charge < -0.3 is 10.2 Å². The fourth-order valence-corrected chi connectivity index (χ4v) is 3.00. The van der Waals surface area contributed by atoms with E-state index in [-0.39, 0.29) is 5.91 Å². The molecule has 0 bridgehead atoms. The summed E-state index contributed by atoms with van der Waals surface area (Å²) in [6, 6.07) is 3.81. The number of thioether (sulfide) groups is 1. The minimum Gasteiger partial charge on any atom is -0.352 e. The van der Waals surface area contributed by atoms with Crippen molar-refractivity contribution >= 4 is 22.8 Å². The average molecular weight is 274 g/mol. The van der Waals surface area contributed by atoms with Crippen molar-refractivity contribution < 1.29 is 4.79 Å². The van der Waals surface area contributed by atoms with Crippen molar-refractivity contribution in [2.75, 3.05) is 13.1 Å². The van der Waals surface area contributed by atoms with Crippen LogP contribution in [0.25, 0.3) is 0 Å². The molecule has 1 aromatic heterocycles. The third kappa shape index (κ3) is 2.78. The van der Waals surface area contributed by atoms with E-state index in [9.17, 15) is 4.79 Å². The van der Waals surface area contributed by atoms with Crippen LogP contribution in [0.4, 0.5) is 0 Å². The van der Waals surface area contributed by atoms with E-state index in [1.165, 1.54) is 0 Å². The Morgan fingerprint density at radius 1 is 1.53 bits per heavy atom. The largest absolute Gasteiger partial charge is 0.352 e. The average Bonchev–Trinajstić information content (AvgIpc) is 3.03. The van der Waals surface area contributed by atoms with Crippen molar-refractivity contribution in [2.45, 2.75) is 13.0 Å². The van der Waals surface area contributed by atoms with E-state index in [1.807, 2.05) is 17.5 Å². The molecule has 0 saturated carbocycles. The van der Waals surface area contributed by atoms with E-state index in [4.69, 9.17) is 0 Å². The molecule has 0 radical (unpaired) electrons. The number of rotatable bonds is 4. The summed E-state index contributed by atoms with van der Waals surface area (Å²) in [5, 5.41) is 5.95. The molecule has 0 unspecified atom stereocenters. The standard InChI is InChI=1S/C13H14N4OS/c18-12(16-8-10-2-1-3-14-7-10)6-11-9-19-13-15-4-5-17(11)13/h1-3,7,9H,4-6,8H2,(H,16,18). The Kier molecular flexibility index (Phi) is 3.50. The molecular weight excluding hydrogens is 260 g/mol. The summed E-state index contributed by atoms with van der Waals surface area (Å²) in [6.07, 6.45) is 3.89. The molecule has 1 aromatic rings. The number of amidine groups is 1. The highest BCUT2D eigenvalue weighted by Gasteiger charge is 2.27. The first-order valence-corrected chi connectivity index (χ1v) is 7.04. The van der Waals surface area contributed by atoms with Crippen LogP contribution in [0.15, 0.2) is 40.6 Å². The zero-order chi connectivity index (χ0) is 13.1. The molecule has 0 aliphatic carbocycles. The van der Waals surface area contributed by atoms with Crippen molar-refractivity contribution in [2.24, 2.45) is 4.99 Å². The molecular formula is C13H14N4OS. The molecule has 2 aliphatic rings. The molecule has 19 heavy (non-hydrogen) atoms. The molecule has 0 saturated heterocycles. The quantitative estimate of drug-likeness (QED) is 0.900. The van der Waals surface area contributed by atoms with E-state index >= 15 is 0 Å². The highest BCUT2D eigenvalue weighted by Crippen LogP contribution is 2.30. The Bertz CT molecular complexity index is 541. The van der Waals surface area contributed by atoms with Gasteiger partial charge in [0.05, 0.1) is 13.0 Å². The van der Waals surface area contributed by atoms with Gasteiger partial charge in [-0.3, -0.25) is 14.8 Å². The van der Waals surface area contributed by atoms with Crippen molar-refractivity contribution in [3.8, 4) is 0 Å². The molecule has 3 heterocycles. The van der Waals surface area contributed by atoms with Crippen LogP contribution in [-0.2, 0) is 11.3 Å². The predicted octanol–water partition coefficient (Wildman–Crippen LogP) is 1.35. The van der Waals surface area contributed by atoms with Gasteiger partial charge in [-0.05, 0) is 17.0 Å². The Morgan fingerprint density at radius 2 is 2.47 bits per heavy atom. The molecule has 1 amide bonds. The van der Waals surface area contributed by atoms with E-state index in [1.54, 1.807) is 24.2 Å². The summed E-state index contributed by atoms with van der Waals surface area (Å²) >= 11 is 1.60. The maximum absolute atomic E-state index is 11.9. The number of aliphatic imine (C=N–C) groups is 1. The number of hydrogen-bond acceptors (Lipinski definition) is 5. The molecule has 2 aliphatic heterocycles. The zero-order valence-corrected chi connectivity index (χ0v) is 11.2. The second-order valence-corrected chi connectivity index (χ2v) is 5.19. The lowest BCUT2D eigenvalue weighted by Gasteiger charge is -2.16. The van der Waals surface area contributed by atoms with Gasteiger partial charge in [-0.2, -0.15) is 0 Å². The van der Waals surface area contributed by atoms with Crippen molar-refractivity contribution in [1.82, 2.24) is 15.2 Å². The molecule has 0 atom stereocenters. The predicted molar refractivity (Wildman–Crippen MR) is 75.4 cm³/mol. The van der Waals surface area contributed by atoms with Crippen LogP contribution in [-0.4, -0.2) is 34.0 Å². The summed E-state index contributed by atoms with van der Waals surface area (Å²) in [6.45, 7) is 2.25. The minimum absolute atomic E-state index is 0.0313. The first-order chi connectivity index (χ1) is 9.33. The van der Waals surface area contributed by atoms with Crippen molar-refractivity contribution in [3.05, 3.63) is 41.2 Å². The lowest BCUT2D eigenvalue weighted by atomic mass is 10.2. The SMILES string of the molecule is O=C(CC1=CSC2=NCCN12)NCc1cccnc1. The van der Waals surface area contributed by atoms with Crippen LogP contribution in [0.5, 0.6) is 0 Å². The van der Waals surface area contributed by atoms with Crippen molar-refractivity contribution in [3.63, 3.8) is 0 Å². The number of aromatic nitrogens is 1. The summed E-state index contributed by atoms with van der Waals surface area (Å²) < 4.78 is 0. The smallest absolute Gasteiger partial charge is 0.226 e. The van der Waals surface area contributed by atoms with Gasteiger partial charge in [0.15, 0.2) is 5.17 Å². The normalized spacial score (nSPS) is 16.9. The lowest BCUT2D eigenvalue weighted by Crippen LogP contribution is -2.28. The van der Waals surface area contributed by atoms with Gasteiger partial charge in [0.2, 0.25) is 5.91 Å². The Balaban J connectivity index is 1.51. The third-order valence-corrected chi connectivity index (χ3v) is 3.95. The van der Waals surface area contributed by atoms with E-state index in [0.717, 1.165) is 29.5 Å². The molecule has 98 valence electrons. The fourth-order valence-electron chi connectivity index (χ4n) is 2.05. The number of hydrogen-bond donors (Lipinski definition) is 1. The number of nitrogens with zero attached hydrogens (tertiary/aromatic N) is 3. The lowest BCUT2D eigenvalue weighted by molar-refractivity contribution is -0.120. The van der Waals surface area contributed by atoms with E-state index in [0.29, 0.717) is 13.0 Å². The summed E-state index contributed by atoms with van der Waals surface area (Å²) in [5.41, 5.74) is 2.05. The van der Waals surface area contributed by atoms with Gasteiger partial charge in [-0.1, -0.05) is 17.8 Å². The first-order valence-electron chi connectivity index (χ1n) is 6.16. The Hall–Kier alpha value is -1.82. The summed E-state index contributed by atoms with van der Waals surface area (Å²) in [7, 11) is 0. The molecule has 1 N–H and O–H groups in total. The molecule has 0 aromatic carbocycles. The third-order valence-electron chi connectivity index (χ3n) is 3.00. The number of fused-ring (bicyclic) bond motifs is 1. The Morgan fingerprint density at radius 3 is 3.32 bits per heavy atom. The van der Waals surface area contributed by atoms with Crippen LogP contribution >= 0.6 is 11.8 Å². The molecule has 5 nitrogen and oxygen atoms in total. The first kappa shape index (κ1) is 12.2. The summed E-state index contributed by atoms with van der Waals surface area (Å²) in [5.74, 6) is 0.0313. The van der Waals surface area contributed by atoms with Crippen LogP contribution in [0.1, 0.15) is 12.0 Å². The fraction of sp³-hybridized carbons (Fsp3) is 0.308. The van der Waals surface area contributed by atoms with Crippen LogP contribution in [0.2, 0.25) is 0 Å². The van der Waals surface area contributed by atoms with Gasteiger partial charge in [0.25, 0.3) is 0 Å². The zero-order valence-electron chi connectivity index (χ0n) is 10.4. The highest BCUT2D eigenvalue weighted by molar-refractivity contribution is 8.16. The number of carbonyl (C=O) groups is 1. The van der Waals surface area contributed by atoms with Crippen molar-refractivity contribution in [1.29, 1.82) is 0 Å². The summed E-state index contributed by atoms with van der Waals surface area (Å²) in [4.78, 5) is 22.4. The molecule has 6 heteroatoms. The van der Waals surface area contributed by atoms with Gasteiger partial charge in [0, 0.05) is 31.2 Å². The number of nitrogens with one attached hydrogen (secondary N) is 1. The van der Waals surface area contributed by atoms with E-state index < -0.39 is 0 Å². The number of carbonyl (C=O) groups excluding carboxylic acids is 1. The Labute approximate surface area is 115 Å². The van der Waals surface area contributed by atoms with Crippen LogP contribution < -0.4 is 5.32 Å². The highest BCUT2D eigenvalue weighted by atomic mass is 32.2. The molecule has 0 fully saturated rings. The topological polar surface area (TPSA) is 57.6 Å².